The van der Waals surface area contributed by atoms with E-state index in [-0.39, 0.29) is 8.80 Å². The molecular formula is C4H12LiSi. The van der Waals surface area contributed by atoms with E-state index in [9.17, 15) is 0 Å². The van der Waals surface area contributed by atoms with Crippen LogP contribution in [0.3, 0.4) is 0 Å². The average Bonchev–Trinajstić information content (AvgIpc) is 1.41. The second-order valence-electron chi connectivity index (χ2n) is 1.50. The van der Waals surface area contributed by atoms with E-state index in [0.29, 0.717) is 0 Å². The molecule has 33 valence electrons. The molecule has 0 aliphatic rings. The number of rotatable bonds is 0. The summed E-state index contributed by atoms with van der Waals surface area (Å²) in [5, 5.41) is 0. The summed E-state index contributed by atoms with van der Waals surface area (Å²) in [5.74, 6) is 0. The van der Waals surface area contributed by atoms with E-state index in [1.165, 1.54) is 0 Å². The van der Waals surface area contributed by atoms with Gasteiger partial charge in [-0.1, -0.05) is 19.6 Å². The Morgan fingerprint density at radius 2 is 1.00 bits per heavy atom. The molecule has 0 N–H and O–H groups in total. The van der Waals surface area contributed by atoms with Gasteiger partial charge in [0.25, 0.3) is 0 Å². The number of hydrogen-bond acceptors (Lipinski definition) is 0. The van der Waals surface area contributed by atoms with Crippen LogP contribution in [-0.2, 0) is 0 Å². The third-order valence-electron chi connectivity index (χ3n) is 0. The molecule has 0 atom stereocenters. The second kappa shape index (κ2) is 9.26. The maximum atomic E-state index is 2.27. The van der Waals surface area contributed by atoms with Gasteiger partial charge in [-0.15, -0.1) is 0 Å². The summed E-state index contributed by atoms with van der Waals surface area (Å²) < 4.78 is 0. The van der Waals surface area contributed by atoms with E-state index in [1.54, 1.807) is 0 Å². The quantitative estimate of drug-likeness (QED) is 0.401. The summed E-state index contributed by atoms with van der Waals surface area (Å²) in [6.07, 6.45) is 0. The van der Waals surface area contributed by atoms with E-state index < -0.39 is 0 Å². The molecule has 0 aliphatic carbocycles. The van der Waals surface area contributed by atoms with E-state index in [1.807, 2.05) is 23.3 Å². The Kier molecular flexibility index (Phi) is 15.3. The van der Waals surface area contributed by atoms with Crippen molar-refractivity contribution < 1.29 is 0 Å². The van der Waals surface area contributed by atoms with E-state index in [0.717, 1.165) is 0 Å². The van der Waals surface area contributed by atoms with Crippen LogP contribution < -0.4 is 0 Å². The van der Waals surface area contributed by atoms with Crippen LogP contribution in [0, 0.1) is 0 Å². The third-order valence-corrected chi connectivity index (χ3v) is 0. The minimum absolute atomic E-state index is 0.120. The molecule has 0 rings (SSSR count). The van der Waals surface area contributed by atoms with Crippen molar-refractivity contribution in [1.82, 2.24) is 0 Å². The van der Waals surface area contributed by atoms with Gasteiger partial charge < -0.3 is 0 Å². The monoisotopic (exact) mass is 95.1 g/mol. The molecule has 0 spiro atoms. The van der Waals surface area contributed by atoms with E-state index in [4.69, 9.17) is 0 Å². The fourth-order valence-corrected chi connectivity index (χ4v) is 0. The topological polar surface area (TPSA) is 0 Å². The van der Waals surface area contributed by atoms with Crippen LogP contribution in [0.15, 0.2) is 0 Å². The van der Waals surface area contributed by atoms with Crippen molar-refractivity contribution in [3.63, 3.8) is 0 Å². The van der Waals surface area contributed by atoms with Gasteiger partial charge in [0.2, 0.25) is 0 Å². The first-order chi connectivity index (χ1) is 2.73. The van der Waals surface area contributed by atoms with Crippen LogP contribution in [0.4, 0.5) is 0 Å². The minimum atomic E-state index is 0.120. The van der Waals surface area contributed by atoms with Crippen molar-refractivity contribution in [2.45, 2.75) is 25.2 Å². The third kappa shape index (κ3) is 106. The van der Waals surface area contributed by atoms with Crippen LogP contribution in [0.1, 0.15) is 0 Å². The standard InChI is InChI=1S/C3H9Si.CH3.Li/c1-4(2)3;;/h1-3H3;1H3;. The summed E-state index contributed by atoms with van der Waals surface area (Å²) >= 11 is 2.00. The first kappa shape index (κ1) is 9.94. The van der Waals surface area contributed by atoms with Crippen LogP contribution in [-0.4, -0.2) is 26.5 Å². The van der Waals surface area contributed by atoms with E-state index >= 15 is 0 Å². The molecule has 0 heterocycles. The molecule has 2 heteroatoms. The van der Waals surface area contributed by atoms with Crippen molar-refractivity contribution in [2.24, 2.45) is 0 Å². The fourth-order valence-electron chi connectivity index (χ4n) is 0. The van der Waals surface area contributed by atoms with E-state index in [2.05, 4.69) is 19.6 Å². The van der Waals surface area contributed by atoms with Crippen LogP contribution >= 0.6 is 0 Å². The van der Waals surface area contributed by atoms with Crippen molar-refractivity contribution in [2.75, 3.05) is 0 Å². The van der Waals surface area contributed by atoms with Gasteiger partial charge in [0.1, 0.15) is 0 Å². The zero-order valence-corrected chi connectivity index (χ0v) is 6.50. The molecule has 0 saturated heterocycles. The molecule has 0 aromatic carbocycles. The SMILES string of the molecule is C[Si](C)C.[Li][CH3]. The molecule has 0 aliphatic heterocycles. The van der Waals surface area contributed by atoms with Gasteiger partial charge in [-0.25, -0.2) is 0 Å². The van der Waals surface area contributed by atoms with Crippen LogP contribution in [0.25, 0.3) is 0 Å². The Hall–Kier alpha value is 0.814. The van der Waals surface area contributed by atoms with Crippen molar-refractivity contribution >= 4 is 26.5 Å². The molecule has 0 saturated carbocycles. The van der Waals surface area contributed by atoms with Crippen LogP contribution in [0.2, 0.25) is 25.2 Å². The van der Waals surface area contributed by atoms with Gasteiger partial charge in [0, 0.05) is 8.80 Å². The Bertz CT molecular complexity index is 12.3. The average molecular weight is 95.2 g/mol. The van der Waals surface area contributed by atoms with Gasteiger partial charge >= 0.3 is 23.3 Å². The second-order valence-corrected chi connectivity index (χ2v) is 4.50. The number of hydrogen-bond donors (Lipinski definition) is 0. The Morgan fingerprint density at radius 3 is 1.00 bits per heavy atom. The molecule has 0 aromatic heterocycles. The first-order valence-electron chi connectivity index (χ1n) is 2.50. The fraction of sp³-hybridized carbons (Fsp3) is 1.00. The van der Waals surface area contributed by atoms with Gasteiger partial charge in [0.15, 0.2) is 0 Å². The summed E-state index contributed by atoms with van der Waals surface area (Å²) in [6, 6.07) is 0. The maximum absolute atomic E-state index is 2.27. The molecule has 6 heavy (non-hydrogen) atoms. The van der Waals surface area contributed by atoms with Crippen molar-refractivity contribution in [1.29, 1.82) is 0 Å². The predicted molar refractivity (Wildman–Crippen MR) is 35.0 cm³/mol. The van der Waals surface area contributed by atoms with Crippen molar-refractivity contribution in [3.05, 3.63) is 0 Å². The summed E-state index contributed by atoms with van der Waals surface area (Å²) in [6.45, 7) is 6.81. The van der Waals surface area contributed by atoms with Crippen molar-refractivity contribution in [3.8, 4) is 0 Å². The summed E-state index contributed by atoms with van der Waals surface area (Å²) in [5.41, 5.74) is 2.00. The predicted octanol–water partition coefficient (Wildman–Crippen LogP) is 1.57. The molecule has 0 bridgehead atoms. The van der Waals surface area contributed by atoms with Gasteiger partial charge in [-0.05, 0) is 0 Å². The summed E-state index contributed by atoms with van der Waals surface area (Å²) in [4.78, 5) is 0. The molecular weight excluding hydrogens is 83.1 g/mol. The Morgan fingerprint density at radius 1 is 1.00 bits per heavy atom. The molecule has 0 amide bonds. The van der Waals surface area contributed by atoms with Gasteiger partial charge in [-0.3, -0.25) is 0 Å². The molecule has 0 fully saturated rings. The molecule has 0 nitrogen and oxygen atoms in total. The van der Waals surface area contributed by atoms with Gasteiger partial charge in [-0.2, -0.15) is 0 Å². The molecule has 1 radical (unpaired) electrons. The zero-order valence-electron chi connectivity index (χ0n) is 5.50. The molecule has 0 unspecified atom stereocenters. The zero-order chi connectivity index (χ0) is 5.58. The molecule has 0 aromatic rings. The van der Waals surface area contributed by atoms with Crippen LogP contribution in [0.5, 0.6) is 0 Å². The summed E-state index contributed by atoms with van der Waals surface area (Å²) in [7, 11) is 0.120. The normalized spacial score (nSPS) is 7.17. The Balaban J connectivity index is 0. The Labute approximate surface area is 52.1 Å². The van der Waals surface area contributed by atoms with Gasteiger partial charge in [0.05, 0.1) is 0 Å². The first-order valence-corrected chi connectivity index (χ1v) is 5.50.